The lowest BCUT2D eigenvalue weighted by molar-refractivity contribution is 0.244. The number of hydrogen-bond donors (Lipinski definition) is 0. The van der Waals surface area contributed by atoms with Crippen molar-refractivity contribution in [1.29, 1.82) is 0 Å². The van der Waals surface area contributed by atoms with Gasteiger partial charge in [-0.1, -0.05) is 0 Å². The molecule has 0 saturated carbocycles. The lowest BCUT2D eigenvalue weighted by Crippen LogP contribution is -1.55. The first-order valence-corrected chi connectivity index (χ1v) is 1.71. The minimum absolute atomic E-state index is 1.69. The molecule has 0 aliphatic rings. The number of rotatable bonds is 1. The van der Waals surface area contributed by atoms with Gasteiger partial charge in [0.2, 0.25) is 0 Å². The van der Waals surface area contributed by atoms with Crippen LogP contribution in [0.2, 0.25) is 0 Å². The fourth-order valence-electron chi connectivity index (χ4n) is 0. The number of hydrogen-bond acceptors (Lipinski definition) is 1. The van der Waals surface area contributed by atoms with Gasteiger partial charge in [-0.05, 0) is 0 Å². The van der Waals surface area contributed by atoms with Gasteiger partial charge >= 0.3 is 5.78 Å². The van der Waals surface area contributed by atoms with Crippen molar-refractivity contribution < 1.29 is 13.4 Å². The van der Waals surface area contributed by atoms with Crippen LogP contribution in [0.25, 0.3) is 0 Å². The normalized spacial score (nSPS) is 10.0. The average Bonchev–Trinajstić information content (AvgIpc) is 1.38. The zero-order valence-electron chi connectivity index (χ0n) is 2.16. The molecular formula is CHF2OP. The molecule has 0 aromatic rings. The second kappa shape index (κ2) is 2.21. The predicted molar refractivity (Wildman–Crippen MR) is 15.9 cm³/mol. The first-order valence-electron chi connectivity index (χ1n) is 0.832. The number of halogens is 2. The van der Waals surface area contributed by atoms with Crippen LogP contribution < -0.4 is 0 Å². The summed E-state index contributed by atoms with van der Waals surface area (Å²) in [6, 6.07) is 0. The Morgan fingerprint density at radius 3 is 2.00 bits per heavy atom. The maximum absolute atomic E-state index is 10.4. The van der Waals surface area contributed by atoms with E-state index < -0.39 is 14.7 Å². The van der Waals surface area contributed by atoms with Crippen molar-refractivity contribution >= 4 is 14.7 Å². The molecule has 1 unspecified atom stereocenters. The summed E-state index contributed by atoms with van der Waals surface area (Å²) in [4.78, 5) is 8.78. The molecule has 0 spiro atoms. The molecule has 0 bridgehead atoms. The van der Waals surface area contributed by atoms with Crippen molar-refractivity contribution in [3.05, 3.63) is 0 Å². The summed E-state index contributed by atoms with van der Waals surface area (Å²) in [5.41, 5.74) is 0. The quantitative estimate of drug-likeness (QED) is 0.360. The molecule has 0 aliphatic heterocycles. The van der Waals surface area contributed by atoms with Crippen LogP contribution in [-0.4, -0.2) is 5.78 Å². The minimum Gasteiger partial charge on any atom is -0.253 e. The molecular weight excluding hydrogens is 97.0 g/mol. The monoisotopic (exact) mass is 98.0 g/mol. The Hall–Kier alpha value is -0.0400. The van der Waals surface area contributed by atoms with Crippen LogP contribution in [0, 0.1) is 0 Å². The maximum Gasteiger partial charge on any atom is 0.350 e. The molecule has 0 heterocycles. The summed E-state index contributed by atoms with van der Waals surface area (Å²) in [6.45, 7) is 0. The van der Waals surface area contributed by atoms with E-state index in [1.807, 2.05) is 0 Å². The standard InChI is InChI=1S/CHF2OP/c2-1(4)5-3/h5H. The van der Waals surface area contributed by atoms with Gasteiger partial charge in [-0.3, -0.25) is 4.79 Å². The van der Waals surface area contributed by atoms with Gasteiger partial charge < -0.3 is 0 Å². The molecule has 0 aromatic heterocycles. The van der Waals surface area contributed by atoms with E-state index in [2.05, 4.69) is 0 Å². The highest BCUT2D eigenvalue weighted by molar-refractivity contribution is 7.51. The lowest BCUT2D eigenvalue weighted by atomic mass is 11.7. The molecule has 0 N–H and O–H groups in total. The summed E-state index contributed by atoms with van der Waals surface area (Å²) >= 11 is 0. The van der Waals surface area contributed by atoms with E-state index >= 15 is 0 Å². The van der Waals surface area contributed by atoms with Crippen LogP contribution in [0.5, 0.6) is 0 Å². The Labute approximate surface area is 29.3 Å². The minimum atomic E-state index is -1.88. The second-order valence-electron chi connectivity index (χ2n) is 0.368. The number of carbonyl (C=O) groups is 1. The van der Waals surface area contributed by atoms with Crippen LogP contribution in [0.15, 0.2) is 0 Å². The summed E-state index contributed by atoms with van der Waals surface area (Å²) in [7, 11) is -1.69. The van der Waals surface area contributed by atoms with Gasteiger partial charge in [-0.15, -0.1) is 0 Å². The van der Waals surface area contributed by atoms with E-state index in [0.29, 0.717) is 0 Å². The van der Waals surface area contributed by atoms with Crippen LogP contribution >= 0.6 is 8.89 Å². The molecule has 0 aliphatic carbocycles. The van der Waals surface area contributed by atoms with Gasteiger partial charge in [-0.25, -0.2) is 4.20 Å². The van der Waals surface area contributed by atoms with Crippen molar-refractivity contribution in [3.8, 4) is 0 Å². The highest BCUT2D eigenvalue weighted by Crippen LogP contribution is 2.12. The van der Waals surface area contributed by atoms with E-state index in [9.17, 15) is 8.59 Å². The molecule has 0 saturated heterocycles. The van der Waals surface area contributed by atoms with Crippen molar-refractivity contribution in [2.45, 2.75) is 0 Å². The Balaban J connectivity index is 2.85. The summed E-state index contributed by atoms with van der Waals surface area (Å²) in [6.07, 6.45) is 0. The molecule has 0 rings (SSSR count). The van der Waals surface area contributed by atoms with Crippen molar-refractivity contribution in [2.24, 2.45) is 0 Å². The van der Waals surface area contributed by atoms with Gasteiger partial charge in [0.15, 0.2) is 8.89 Å². The van der Waals surface area contributed by atoms with E-state index in [-0.39, 0.29) is 0 Å². The molecule has 1 nitrogen and oxygen atoms in total. The van der Waals surface area contributed by atoms with Gasteiger partial charge in [0, 0.05) is 0 Å². The van der Waals surface area contributed by atoms with Crippen molar-refractivity contribution in [1.82, 2.24) is 0 Å². The van der Waals surface area contributed by atoms with Crippen LogP contribution in [-0.2, 0) is 0 Å². The van der Waals surface area contributed by atoms with Crippen LogP contribution in [0.3, 0.4) is 0 Å². The largest absolute Gasteiger partial charge is 0.350 e. The fourth-order valence-corrected chi connectivity index (χ4v) is 0. The molecule has 0 amide bonds. The third kappa shape index (κ3) is 3.96. The van der Waals surface area contributed by atoms with E-state index in [4.69, 9.17) is 4.79 Å². The Morgan fingerprint density at radius 2 is 2.00 bits per heavy atom. The Bertz CT molecular complexity index is 44.9. The Kier molecular flexibility index (Phi) is 2.19. The topological polar surface area (TPSA) is 17.1 Å². The van der Waals surface area contributed by atoms with E-state index in [1.54, 1.807) is 0 Å². The second-order valence-corrected chi connectivity index (χ2v) is 0.950. The van der Waals surface area contributed by atoms with Gasteiger partial charge in [0.1, 0.15) is 0 Å². The number of carbonyl (C=O) groups excluding carboxylic acids is 1. The predicted octanol–water partition coefficient (Wildman–Crippen LogP) is 1.64. The van der Waals surface area contributed by atoms with E-state index in [1.165, 1.54) is 0 Å². The molecule has 4 heteroatoms. The Morgan fingerprint density at radius 1 is 1.80 bits per heavy atom. The zero-order chi connectivity index (χ0) is 4.28. The zero-order valence-corrected chi connectivity index (χ0v) is 3.16. The fraction of sp³-hybridized carbons (Fsp3) is 0. The molecule has 5 heavy (non-hydrogen) atoms. The lowest BCUT2D eigenvalue weighted by Gasteiger charge is -1.62. The third-order valence-corrected chi connectivity index (χ3v) is 0.223. The highest BCUT2D eigenvalue weighted by Gasteiger charge is 1.89. The summed E-state index contributed by atoms with van der Waals surface area (Å²) < 4.78 is 20.8. The molecule has 30 valence electrons. The summed E-state index contributed by atoms with van der Waals surface area (Å²) in [5.74, 6) is -1.88. The smallest absolute Gasteiger partial charge is 0.253 e. The van der Waals surface area contributed by atoms with E-state index in [0.717, 1.165) is 0 Å². The van der Waals surface area contributed by atoms with Gasteiger partial charge in [-0.2, -0.15) is 4.39 Å². The van der Waals surface area contributed by atoms with Crippen LogP contribution in [0.4, 0.5) is 13.4 Å². The first kappa shape index (κ1) is 4.96. The summed E-state index contributed by atoms with van der Waals surface area (Å²) in [5, 5.41) is 0. The molecule has 1 atom stereocenters. The highest BCUT2D eigenvalue weighted by atomic mass is 31.1. The molecule has 0 fully saturated rings. The molecule has 0 radical (unpaired) electrons. The van der Waals surface area contributed by atoms with Gasteiger partial charge in [0.25, 0.3) is 0 Å². The van der Waals surface area contributed by atoms with Crippen molar-refractivity contribution in [3.63, 3.8) is 0 Å². The average molecular weight is 98.0 g/mol. The first-order chi connectivity index (χ1) is 2.27. The third-order valence-electron chi connectivity index (χ3n) is 0.0743. The van der Waals surface area contributed by atoms with Gasteiger partial charge in [0.05, 0.1) is 0 Å². The van der Waals surface area contributed by atoms with Crippen LogP contribution in [0.1, 0.15) is 0 Å². The SMILES string of the molecule is O=C(F)PF. The molecule has 0 aromatic carbocycles. The maximum atomic E-state index is 10.4. The van der Waals surface area contributed by atoms with Crippen molar-refractivity contribution in [2.75, 3.05) is 0 Å².